The minimum Gasteiger partial charge on any atom is -0.484 e. The first-order valence-corrected chi connectivity index (χ1v) is 8.25. The zero-order valence-corrected chi connectivity index (χ0v) is 15.1. The second-order valence-electron chi connectivity index (χ2n) is 5.76. The average molecular weight is 344 g/mol. The van der Waals surface area contributed by atoms with Gasteiger partial charge in [0.05, 0.1) is 11.9 Å². The summed E-state index contributed by atoms with van der Waals surface area (Å²) in [5, 5.41) is 6.75. The van der Waals surface area contributed by atoms with Crippen LogP contribution in [-0.4, -0.2) is 36.4 Å². The fourth-order valence-corrected chi connectivity index (χ4v) is 2.38. The summed E-state index contributed by atoms with van der Waals surface area (Å²) in [6.45, 7) is 4.23. The van der Waals surface area contributed by atoms with Crippen LogP contribution < -0.4 is 20.5 Å². The number of carbonyl (C=O) groups is 1. The maximum absolute atomic E-state index is 12.4. The third-order valence-electron chi connectivity index (χ3n) is 3.74. The maximum atomic E-state index is 12.4. The van der Waals surface area contributed by atoms with Crippen molar-refractivity contribution in [2.45, 2.75) is 26.8 Å². The molecule has 0 fully saturated rings. The molecule has 134 valence electrons. The lowest BCUT2D eigenvalue weighted by atomic mass is 10.2. The summed E-state index contributed by atoms with van der Waals surface area (Å²) < 4.78 is 6.83. The van der Waals surface area contributed by atoms with Crippen molar-refractivity contribution in [2.24, 2.45) is 0 Å². The number of nitrogens with zero attached hydrogens (tertiary/aromatic N) is 3. The predicted octanol–water partition coefficient (Wildman–Crippen LogP) is 1.91. The topological polar surface area (TPSA) is 76.5 Å². The highest BCUT2D eigenvalue weighted by atomic mass is 16.5. The Morgan fingerprint density at radius 3 is 2.48 bits per heavy atom. The third kappa shape index (κ3) is 4.59. The number of hydrogen-bond donors (Lipinski definition) is 1. The molecular formula is C18H24N4O3. The third-order valence-corrected chi connectivity index (χ3v) is 3.74. The van der Waals surface area contributed by atoms with Crippen molar-refractivity contribution in [3.8, 4) is 5.75 Å². The quantitative estimate of drug-likeness (QED) is 0.830. The molecule has 0 unspecified atom stereocenters. The molecule has 25 heavy (non-hydrogen) atoms. The Kier molecular flexibility index (Phi) is 6.16. The molecule has 0 saturated carbocycles. The predicted molar refractivity (Wildman–Crippen MR) is 98.4 cm³/mol. The number of amides is 1. The lowest BCUT2D eigenvalue weighted by Gasteiger charge is -2.18. The molecule has 2 rings (SSSR count). The zero-order valence-electron chi connectivity index (χ0n) is 15.1. The highest BCUT2D eigenvalue weighted by Crippen LogP contribution is 2.18. The Morgan fingerprint density at radius 2 is 1.92 bits per heavy atom. The van der Waals surface area contributed by atoms with E-state index in [0.29, 0.717) is 23.7 Å². The van der Waals surface area contributed by atoms with Crippen molar-refractivity contribution < 1.29 is 9.53 Å². The standard InChI is InChI=1S/C18H24N4O3/c1-5-13-7-9-14(10-8-13)25-12-16(23)20-15-11-19-22(6-2)18(24)17(15)21(3)4/h7-11H,5-6,12H2,1-4H3,(H,20,23). The second kappa shape index (κ2) is 8.32. The van der Waals surface area contributed by atoms with E-state index < -0.39 is 0 Å². The van der Waals surface area contributed by atoms with Crippen LogP contribution in [0.2, 0.25) is 0 Å². The summed E-state index contributed by atoms with van der Waals surface area (Å²) in [4.78, 5) is 26.2. The fraction of sp³-hybridized carbons (Fsp3) is 0.389. The van der Waals surface area contributed by atoms with E-state index in [9.17, 15) is 9.59 Å². The van der Waals surface area contributed by atoms with Gasteiger partial charge in [-0.15, -0.1) is 0 Å². The van der Waals surface area contributed by atoms with Gasteiger partial charge in [-0.05, 0) is 31.0 Å². The number of benzene rings is 1. The highest BCUT2D eigenvalue weighted by Gasteiger charge is 2.15. The van der Waals surface area contributed by atoms with Crippen LogP contribution in [0.5, 0.6) is 5.75 Å². The van der Waals surface area contributed by atoms with Crippen molar-refractivity contribution in [3.05, 3.63) is 46.4 Å². The molecule has 0 saturated heterocycles. The number of rotatable bonds is 7. The van der Waals surface area contributed by atoms with Crippen LogP contribution in [0.3, 0.4) is 0 Å². The van der Waals surface area contributed by atoms with Gasteiger partial charge >= 0.3 is 0 Å². The van der Waals surface area contributed by atoms with Gasteiger partial charge in [0, 0.05) is 20.6 Å². The first kappa shape index (κ1) is 18.5. The summed E-state index contributed by atoms with van der Waals surface area (Å²) in [7, 11) is 3.50. The van der Waals surface area contributed by atoms with Crippen LogP contribution in [0, 0.1) is 0 Å². The minimum atomic E-state index is -0.349. The minimum absolute atomic E-state index is 0.144. The van der Waals surface area contributed by atoms with E-state index >= 15 is 0 Å². The molecule has 1 aromatic heterocycles. The Hall–Kier alpha value is -2.83. The maximum Gasteiger partial charge on any atom is 0.292 e. The number of hydrogen-bond acceptors (Lipinski definition) is 5. The summed E-state index contributed by atoms with van der Waals surface area (Å²) in [6.07, 6.45) is 2.43. The monoisotopic (exact) mass is 344 g/mol. The summed E-state index contributed by atoms with van der Waals surface area (Å²) in [6, 6.07) is 7.60. The summed E-state index contributed by atoms with van der Waals surface area (Å²) >= 11 is 0. The van der Waals surface area contributed by atoms with Crippen LogP contribution in [0.25, 0.3) is 0 Å². The molecule has 0 radical (unpaired) electrons. The molecule has 1 amide bonds. The number of carbonyl (C=O) groups excluding carboxylic acids is 1. The van der Waals surface area contributed by atoms with Crippen molar-refractivity contribution in [1.29, 1.82) is 0 Å². The molecule has 0 bridgehead atoms. The number of nitrogens with one attached hydrogen (secondary N) is 1. The molecule has 1 heterocycles. The van der Waals surface area contributed by atoms with Gasteiger partial charge in [0.2, 0.25) is 0 Å². The molecule has 7 nitrogen and oxygen atoms in total. The van der Waals surface area contributed by atoms with E-state index in [-0.39, 0.29) is 18.1 Å². The van der Waals surface area contributed by atoms with Gasteiger partial charge < -0.3 is 15.0 Å². The smallest absolute Gasteiger partial charge is 0.292 e. The molecule has 0 aliphatic carbocycles. The first-order valence-electron chi connectivity index (χ1n) is 8.25. The number of anilines is 2. The molecule has 0 aliphatic rings. The highest BCUT2D eigenvalue weighted by molar-refractivity contribution is 5.94. The second-order valence-corrected chi connectivity index (χ2v) is 5.76. The van der Waals surface area contributed by atoms with E-state index in [4.69, 9.17) is 4.74 Å². The number of aromatic nitrogens is 2. The van der Waals surface area contributed by atoms with E-state index in [0.717, 1.165) is 6.42 Å². The van der Waals surface area contributed by atoms with Crippen molar-refractivity contribution in [1.82, 2.24) is 9.78 Å². The van der Waals surface area contributed by atoms with Gasteiger partial charge in [-0.2, -0.15) is 5.10 Å². The molecule has 0 aliphatic heterocycles. The van der Waals surface area contributed by atoms with E-state index in [1.807, 2.05) is 31.2 Å². The van der Waals surface area contributed by atoms with Crippen LogP contribution in [0.4, 0.5) is 11.4 Å². The number of aryl methyl sites for hydroxylation is 2. The Balaban J connectivity index is 2.07. The van der Waals surface area contributed by atoms with Crippen LogP contribution in [-0.2, 0) is 17.8 Å². The Bertz CT molecular complexity index is 782. The SMILES string of the molecule is CCc1ccc(OCC(=O)Nc2cnn(CC)c(=O)c2N(C)C)cc1. The lowest BCUT2D eigenvalue weighted by molar-refractivity contribution is -0.118. The van der Waals surface area contributed by atoms with Crippen molar-refractivity contribution >= 4 is 17.3 Å². The van der Waals surface area contributed by atoms with Gasteiger partial charge in [0.15, 0.2) is 6.61 Å². The Morgan fingerprint density at radius 1 is 1.24 bits per heavy atom. The van der Waals surface area contributed by atoms with E-state index in [2.05, 4.69) is 17.3 Å². The molecule has 1 N–H and O–H groups in total. The molecule has 0 atom stereocenters. The van der Waals surface area contributed by atoms with Gasteiger partial charge in [0.1, 0.15) is 11.4 Å². The van der Waals surface area contributed by atoms with Gasteiger partial charge in [-0.25, -0.2) is 4.68 Å². The van der Waals surface area contributed by atoms with Gasteiger partial charge in [0.25, 0.3) is 11.5 Å². The van der Waals surface area contributed by atoms with Crippen LogP contribution in [0.1, 0.15) is 19.4 Å². The normalized spacial score (nSPS) is 10.4. The summed E-state index contributed by atoms with van der Waals surface area (Å²) in [5.74, 6) is 0.276. The summed E-state index contributed by atoms with van der Waals surface area (Å²) in [5.41, 5.74) is 1.71. The lowest BCUT2D eigenvalue weighted by Crippen LogP contribution is -2.31. The molecule has 0 spiro atoms. The molecule has 1 aromatic carbocycles. The molecule has 2 aromatic rings. The van der Waals surface area contributed by atoms with Gasteiger partial charge in [-0.1, -0.05) is 19.1 Å². The molecule has 7 heteroatoms. The molecular weight excluding hydrogens is 320 g/mol. The first-order chi connectivity index (χ1) is 12.0. The Labute approximate surface area is 147 Å². The van der Waals surface area contributed by atoms with E-state index in [1.165, 1.54) is 16.4 Å². The largest absolute Gasteiger partial charge is 0.484 e. The van der Waals surface area contributed by atoms with Crippen LogP contribution in [0.15, 0.2) is 35.3 Å². The zero-order chi connectivity index (χ0) is 18.4. The van der Waals surface area contributed by atoms with Crippen molar-refractivity contribution in [3.63, 3.8) is 0 Å². The van der Waals surface area contributed by atoms with Crippen LogP contribution >= 0.6 is 0 Å². The van der Waals surface area contributed by atoms with E-state index in [1.54, 1.807) is 19.0 Å². The fourth-order valence-electron chi connectivity index (χ4n) is 2.38. The van der Waals surface area contributed by atoms with Gasteiger partial charge in [-0.3, -0.25) is 9.59 Å². The average Bonchev–Trinajstić information content (AvgIpc) is 2.60. The number of ether oxygens (including phenoxy) is 1. The van der Waals surface area contributed by atoms with Crippen molar-refractivity contribution in [2.75, 3.05) is 30.9 Å².